The molecular formula is C11H13ClN2. The number of hydrogen-bond donors (Lipinski definition) is 2. The molecular weight excluding hydrogens is 196 g/mol. The summed E-state index contributed by atoms with van der Waals surface area (Å²) in [6.07, 6.45) is 0. The Bertz CT molecular complexity index is 397. The van der Waals surface area contributed by atoms with Crippen molar-refractivity contribution in [3.63, 3.8) is 0 Å². The second-order valence-electron chi connectivity index (χ2n) is 3.88. The van der Waals surface area contributed by atoms with Crippen LogP contribution in [0.3, 0.4) is 0 Å². The molecule has 1 heterocycles. The van der Waals surface area contributed by atoms with Gasteiger partial charge in [-0.15, -0.1) is 0 Å². The molecule has 1 aliphatic rings. The van der Waals surface area contributed by atoms with Crippen LogP contribution in [0.25, 0.3) is 0 Å². The van der Waals surface area contributed by atoms with Gasteiger partial charge in [-0.25, -0.2) is 0 Å². The van der Waals surface area contributed by atoms with Crippen molar-refractivity contribution in [2.75, 3.05) is 0 Å². The van der Waals surface area contributed by atoms with E-state index in [1.807, 2.05) is 12.1 Å². The molecule has 0 aliphatic carbocycles. The lowest BCUT2D eigenvalue weighted by atomic mass is 9.98. The second kappa shape index (κ2) is 3.28. The van der Waals surface area contributed by atoms with Gasteiger partial charge < -0.3 is 5.32 Å². The van der Waals surface area contributed by atoms with Crippen molar-refractivity contribution < 1.29 is 0 Å². The Morgan fingerprint density at radius 3 is 2.79 bits per heavy atom. The zero-order valence-electron chi connectivity index (χ0n) is 8.32. The molecule has 0 unspecified atom stereocenters. The molecule has 0 bridgehead atoms. The average molecular weight is 209 g/mol. The third-order valence-corrected chi connectivity index (χ3v) is 3.05. The summed E-state index contributed by atoms with van der Waals surface area (Å²) >= 11 is 6.28. The van der Waals surface area contributed by atoms with E-state index in [0.29, 0.717) is 18.3 Å². The summed E-state index contributed by atoms with van der Waals surface area (Å²) in [6.45, 7) is 4.94. The van der Waals surface area contributed by atoms with Crippen LogP contribution >= 0.6 is 11.6 Å². The third kappa shape index (κ3) is 1.30. The Hall–Kier alpha value is -1.02. The first-order valence-electron chi connectivity index (χ1n) is 4.75. The van der Waals surface area contributed by atoms with Crippen molar-refractivity contribution in [3.05, 3.63) is 33.8 Å². The first-order valence-corrected chi connectivity index (χ1v) is 5.13. The number of hydrogen-bond acceptors (Lipinski definition) is 1. The van der Waals surface area contributed by atoms with Crippen LogP contribution in [-0.4, -0.2) is 5.84 Å². The first kappa shape index (κ1) is 9.53. The van der Waals surface area contributed by atoms with Crippen LogP contribution in [0.15, 0.2) is 12.1 Å². The fourth-order valence-electron chi connectivity index (χ4n) is 1.76. The van der Waals surface area contributed by atoms with Gasteiger partial charge in [0.1, 0.15) is 5.84 Å². The molecule has 1 aromatic rings. The Labute approximate surface area is 88.8 Å². The zero-order chi connectivity index (χ0) is 10.3. The number of rotatable bonds is 1. The van der Waals surface area contributed by atoms with Crippen molar-refractivity contribution in [2.45, 2.75) is 26.3 Å². The van der Waals surface area contributed by atoms with Crippen LogP contribution in [-0.2, 0) is 6.54 Å². The quantitative estimate of drug-likeness (QED) is 0.732. The number of benzene rings is 1. The summed E-state index contributed by atoms with van der Waals surface area (Å²) in [7, 11) is 0. The number of halogens is 1. The lowest BCUT2D eigenvalue weighted by Gasteiger charge is -2.10. The summed E-state index contributed by atoms with van der Waals surface area (Å²) in [5.74, 6) is 0.916. The molecule has 0 saturated heterocycles. The minimum atomic E-state index is 0.433. The molecule has 74 valence electrons. The van der Waals surface area contributed by atoms with Crippen LogP contribution in [0, 0.1) is 5.41 Å². The predicted octanol–water partition coefficient (Wildman–Crippen LogP) is 2.89. The molecule has 0 amide bonds. The number of amidine groups is 1. The van der Waals surface area contributed by atoms with Crippen LogP contribution in [0.1, 0.15) is 36.5 Å². The maximum absolute atomic E-state index is 7.64. The highest BCUT2D eigenvalue weighted by molar-refractivity contribution is 6.33. The standard InChI is InChI=1S/C11H13ClN2/c1-6(2)7-3-4-8-9(10(7)12)5-14-11(8)13/h3-4,6H,5H2,1-2H3,(H2,13,14). The van der Waals surface area contributed by atoms with E-state index in [9.17, 15) is 0 Å². The van der Waals surface area contributed by atoms with Gasteiger partial charge in [-0.1, -0.05) is 37.6 Å². The minimum absolute atomic E-state index is 0.433. The molecule has 0 spiro atoms. The van der Waals surface area contributed by atoms with E-state index in [1.165, 1.54) is 5.56 Å². The topological polar surface area (TPSA) is 35.9 Å². The molecule has 0 aromatic heterocycles. The zero-order valence-corrected chi connectivity index (χ0v) is 9.07. The molecule has 0 saturated carbocycles. The largest absolute Gasteiger partial charge is 0.366 e. The summed E-state index contributed by atoms with van der Waals surface area (Å²) in [6, 6.07) is 4.01. The van der Waals surface area contributed by atoms with E-state index in [2.05, 4.69) is 19.2 Å². The Kier molecular flexibility index (Phi) is 2.23. The molecule has 14 heavy (non-hydrogen) atoms. The molecule has 0 fully saturated rings. The second-order valence-corrected chi connectivity index (χ2v) is 4.26. The third-order valence-electron chi connectivity index (χ3n) is 2.61. The average Bonchev–Trinajstić information content (AvgIpc) is 2.49. The lowest BCUT2D eigenvalue weighted by molar-refractivity contribution is 0.860. The summed E-state index contributed by atoms with van der Waals surface area (Å²) < 4.78 is 0. The van der Waals surface area contributed by atoms with Gasteiger partial charge in [-0.3, -0.25) is 5.41 Å². The Morgan fingerprint density at radius 1 is 1.43 bits per heavy atom. The molecule has 0 atom stereocenters. The van der Waals surface area contributed by atoms with Gasteiger partial charge in [-0.2, -0.15) is 0 Å². The maximum Gasteiger partial charge on any atom is 0.126 e. The molecule has 1 aromatic carbocycles. The molecule has 2 rings (SSSR count). The highest BCUT2D eigenvalue weighted by Gasteiger charge is 2.20. The fraction of sp³-hybridized carbons (Fsp3) is 0.364. The Morgan fingerprint density at radius 2 is 2.14 bits per heavy atom. The van der Waals surface area contributed by atoms with Crippen LogP contribution in [0.2, 0.25) is 5.02 Å². The predicted molar refractivity (Wildman–Crippen MR) is 59.2 cm³/mol. The van der Waals surface area contributed by atoms with E-state index >= 15 is 0 Å². The normalized spacial score (nSPS) is 14.4. The van der Waals surface area contributed by atoms with Crippen molar-refractivity contribution >= 4 is 17.4 Å². The first-order chi connectivity index (χ1) is 6.61. The fourth-order valence-corrected chi connectivity index (χ4v) is 2.21. The SMILES string of the molecule is CC(C)c1ccc2c(c1Cl)CNC2=N. The highest BCUT2D eigenvalue weighted by Crippen LogP contribution is 2.31. The van der Waals surface area contributed by atoms with Crippen molar-refractivity contribution in [3.8, 4) is 0 Å². The van der Waals surface area contributed by atoms with E-state index in [1.54, 1.807) is 0 Å². The van der Waals surface area contributed by atoms with Gasteiger partial charge in [0.25, 0.3) is 0 Å². The van der Waals surface area contributed by atoms with Gasteiger partial charge >= 0.3 is 0 Å². The minimum Gasteiger partial charge on any atom is -0.366 e. The maximum atomic E-state index is 7.64. The molecule has 2 nitrogen and oxygen atoms in total. The van der Waals surface area contributed by atoms with Gasteiger partial charge in [0, 0.05) is 22.7 Å². The Balaban J connectivity index is 2.58. The van der Waals surface area contributed by atoms with E-state index in [0.717, 1.165) is 16.1 Å². The lowest BCUT2D eigenvalue weighted by Crippen LogP contribution is -2.12. The van der Waals surface area contributed by atoms with Gasteiger partial charge in [-0.05, 0) is 11.5 Å². The monoisotopic (exact) mass is 208 g/mol. The smallest absolute Gasteiger partial charge is 0.126 e. The van der Waals surface area contributed by atoms with Gasteiger partial charge in [0.05, 0.1) is 0 Å². The van der Waals surface area contributed by atoms with Crippen molar-refractivity contribution in [1.29, 1.82) is 5.41 Å². The summed E-state index contributed by atoms with van der Waals surface area (Å²) in [5, 5.41) is 11.5. The summed E-state index contributed by atoms with van der Waals surface area (Å²) in [4.78, 5) is 0. The van der Waals surface area contributed by atoms with E-state index < -0.39 is 0 Å². The highest BCUT2D eigenvalue weighted by atomic mass is 35.5. The molecule has 3 heteroatoms. The number of nitrogens with one attached hydrogen (secondary N) is 2. The molecule has 0 radical (unpaired) electrons. The molecule has 2 N–H and O–H groups in total. The van der Waals surface area contributed by atoms with Crippen molar-refractivity contribution in [1.82, 2.24) is 5.32 Å². The van der Waals surface area contributed by atoms with Crippen LogP contribution in [0.4, 0.5) is 0 Å². The molecule has 1 aliphatic heterocycles. The van der Waals surface area contributed by atoms with Crippen molar-refractivity contribution in [2.24, 2.45) is 0 Å². The number of fused-ring (bicyclic) bond motifs is 1. The van der Waals surface area contributed by atoms with Crippen LogP contribution in [0.5, 0.6) is 0 Å². The summed E-state index contributed by atoms with van der Waals surface area (Å²) in [5.41, 5.74) is 3.18. The van der Waals surface area contributed by atoms with E-state index in [4.69, 9.17) is 17.0 Å². The van der Waals surface area contributed by atoms with Gasteiger partial charge in [0.15, 0.2) is 0 Å². The van der Waals surface area contributed by atoms with E-state index in [-0.39, 0.29) is 0 Å². The van der Waals surface area contributed by atoms with Crippen LogP contribution < -0.4 is 5.32 Å². The van der Waals surface area contributed by atoms with Gasteiger partial charge in [0.2, 0.25) is 0 Å².